The molecule has 0 heteroatoms. The van der Waals surface area contributed by atoms with Crippen LogP contribution in [0.4, 0.5) is 0 Å². The van der Waals surface area contributed by atoms with Gasteiger partial charge >= 0.3 is 0 Å². The first-order valence-corrected chi connectivity index (χ1v) is 6.89. The molecule has 0 fully saturated rings. The summed E-state index contributed by atoms with van der Waals surface area (Å²) in [5, 5.41) is 0. The van der Waals surface area contributed by atoms with Crippen molar-refractivity contribution in [3.8, 4) is 0 Å². The maximum Gasteiger partial charge on any atom is -0.0392 e. The van der Waals surface area contributed by atoms with Crippen molar-refractivity contribution >= 4 is 0 Å². The first-order valence-electron chi connectivity index (χ1n) is 6.89. The van der Waals surface area contributed by atoms with Crippen LogP contribution in [-0.2, 0) is 0 Å². The minimum Gasteiger partial charge on any atom is -0.0590 e. The van der Waals surface area contributed by atoms with E-state index in [4.69, 9.17) is 0 Å². The van der Waals surface area contributed by atoms with Crippen molar-refractivity contribution in [1.82, 2.24) is 0 Å². The predicted octanol–water partition coefficient (Wildman–Crippen LogP) is 5.53. The van der Waals surface area contributed by atoms with Crippen LogP contribution in [0.3, 0.4) is 0 Å². The molecule has 0 aliphatic heterocycles. The topological polar surface area (TPSA) is 0 Å². The fraction of sp³-hybridized carbons (Fsp3) is 0.368. The smallest absolute Gasteiger partial charge is 0.0392 e. The Kier molecular flexibility index (Phi) is 5.35. The minimum absolute atomic E-state index is 1.35. The number of hydrogen-bond acceptors (Lipinski definition) is 0. The molecule has 0 aliphatic rings. The van der Waals surface area contributed by atoms with Crippen LogP contribution in [0.25, 0.3) is 0 Å². The molecule has 0 N–H and O–H groups in total. The van der Waals surface area contributed by atoms with E-state index in [2.05, 4.69) is 78.8 Å². The molecule has 2 aromatic carbocycles. The quantitative estimate of drug-likeness (QED) is 0.579. The second kappa shape index (κ2) is 6.56. The Balaban J connectivity index is 0.000000191. The summed E-state index contributed by atoms with van der Waals surface area (Å²) in [6, 6.07) is 11.0. The summed E-state index contributed by atoms with van der Waals surface area (Å²) in [7, 11) is 0. The molecule has 0 atom stereocenters. The van der Waals surface area contributed by atoms with Crippen LogP contribution in [0, 0.1) is 48.5 Å². The fourth-order valence-electron chi connectivity index (χ4n) is 2.14. The molecule has 0 unspecified atom stereocenters. The third-order valence-electron chi connectivity index (χ3n) is 3.73. The zero-order valence-corrected chi connectivity index (χ0v) is 13.4. The van der Waals surface area contributed by atoms with Crippen molar-refractivity contribution in [2.45, 2.75) is 48.5 Å². The molecule has 0 radical (unpaired) electrons. The first kappa shape index (κ1) is 15.5. The summed E-state index contributed by atoms with van der Waals surface area (Å²) in [4.78, 5) is 0. The van der Waals surface area contributed by atoms with Crippen LogP contribution in [-0.4, -0.2) is 0 Å². The molecule has 102 valence electrons. The van der Waals surface area contributed by atoms with Gasteiger partial charge in [-0.3, -0.25) is 0 Å². The predicted molar refractivity (Wildman–Crippen MR) is 86.0 cm³/mol. The highest BCUT2D eigenvalue weighted by Crippen LogP contribution is 2.14. The van der Waals surface area contributed by atoms with Crippen LogP contribution >= 0.6 is 0 Å². The van der Waals surface area contributed by atoms with Gasteiger partial charge in [0.1, 0.15) is 0 Å². The van der Waals surface area contributed by atoms with Gasteiger partial charge in [0.25, 0.3) is 0 Å². The van der Waals surface area contributed by atoms with E-state index < -0.39 is 0 Å². The van der Waals surface area contributed by atoms with E-state index in [0.29, 0.717) is 0 Å². The fourth-order valence-corrected chi connectivity index (χ4v) is 2.14. The molecule has 2 aromatic rings. The van der Waals surface area contributed by atoms with Crippen LogP contribution < -0.4 is 0 Å². The molecule has 19 heavy (non-hydrogen) atoms. The molecule has 0 spiro atoms. The lowest BCUT2D eigenvalue weighted by Gasteiger charge is -2.04. The standard InChI is InChI=1S/C10H14.C9H12/c1-7-5-8(2)10(4)9(3)6-7;1-7-4-5-8(2)9(3)6-7/h5-6H,1-4H3;4-6H,1-3H3. The van der Waals surface area contributed by atoms with E-state index in [0.717, 1.165) is 0 Å². The summed E-state index contributed by atoms with van der Waals surface area (Å²) in [6.45, 7) is 15.0. The number of hydrogen-bond donors (Lipinski definition) is 0. The van der Waals surface area contributed by atoms with E-state index in [9.17, 15) is 0 Å². The molecular weight excluding hydrogens is 228 g/mol. The second-order valence-electron chi connectivity index (χ2n) is 5.61. The molecule has 0 aromatic heterocycles. The summed E-state index contributed by atoms with van der Waals surface area (Å²) < 4.78 is 0. The van der Waals surface area contributed by atoms with Crippen molar-refractivity contribution in [1.29, 1.82) is 0 Å². The molecule has 0 heterocycles. The lowest BCUT2D eigenvalue weighted by atomic mass is 10.0. The van der Waals surface area contributed by atoms with E-state index >= 15 is 0 Å². The second-order valence-corrected chi connectivity index (χ2v) is 5.61. The third kappa shape index (κ3) is 4.55. The van der Waals surface area contributed by atoms with Crippen molar-refractivity contribution in [3.63, 3.8) is 0 Å². The molecular formula is C19H26. The number of benzene rings is 2. The molecule has 0 bridgehead atoms. The van der Waals surface area contributed by atoms with Gasteiger partial charge in [-0.2, -0.15) is 0 Å². The van der Waals surface area contributed by atoms with Crippen LogP contribution in [0.2, 0.25) is 0 Å². The van der Waals surface area contributed by atoms with Gasteiger partial charge in [-0.1, -0.05) is 41.5 Å². The van der Waals surface area contributed by atoms with Crippen molar-refractivity contribution in [2.75, 3.05) is 0 Å². The molecule has 0 amide bonds. The molecule has 0 saturated carbocycles. The Hall–Kier alpha value is -1.56. The summed E-state index contributed by atoms with van der Waals surface area (Å²) in [5.41, 5.74) is 9.69. The SMILES string of the molecule is Cc1cc(C)c(C)c(C)c1.Cc1ccc(C)c(C)c1. The van der Waals surface area contributed by atoms with Crippen molar-refractivity contribution < 1.29 is 0 Å². The highest BCUT2D eigenvalue weighted by Gasteiger charge is 1.96. The molecule has 0 nitrogen and oxygen atoms in total. The summed E-state index contributed by atoms with van der Waals surface area (Å²) in [6.07, 6.45) is 0. The van der Waals surface area contributed by atoms with Gasteiger partial charge in [0.15, 0.2) is 0 Å². The Bertz CT molecular complexity index is 539. The van der Waals surface area contributed by atoms with Crippen molar-refractivity contribution in [2.24, 2.45) is 0 Å². The Morgan fingerprint density at radius 1 is 0.474 bits per heavy atom. The van der Waals surface area contributed by atoms with Crippen LogP contribution in [0.15, 0.2) is 30.3 Å². The van der Waals surface area contributed by atoms with Gasteiger partial charge < -0.3 is 0 Å². The minimum atomic E-state index is 1.35. The van der Waals surface area contributed by atoms with E-state index in [1.807, 2.05) is 0 Å². The molecule has 2 rings (SSSR count). The monoisotopic (exact) mass is 254 g/mol. The van der Waals surface area contributed by atoms with Crippen LogP contribution in [0.1, 0.15) is 38.9 Å². The third-order valence-corrected chi connectivity index (χ3v) is 3.73. The van der Waals surface area contributed by atoms with E-state index in [1.165, 1.54) is 38.9 Å². The lowest BCUT2D eigenvalue weighted by Crippen LogP contribution is -1.86. The Morgan fingerprint density at radius 2 is 0.947 bits per heavy atom. The normalized spacial score (nSPS) is 9.84. The zero-order chi connectivity index (χ0) is 14.6. The first-order chi connectivity index (χ1) is 8.81. The number of aryl methyl sites for hydroxylation is 6. The summed E-state index contributed by atoms with van der Waals surface area (Å²) >= 11 is 0. The summed E-state index contributed by atoms with van der Waals surface area (Å²) in [5.74, 6) is 0. The Labute approximate surface area is 118 Å². The highest BCUT2D eigenvalue weighted by molar-refractivity contribution is 5.36. The molecule has 0 saturated heterocycles. The Morgan fingerprint density at radius 3 is 1.37 bits per heavy atom. The largest absolute Gasteiger partial charge is 0.0590 e. The van der Waals surface area contributed by atoms with Gasteiger partial charge in [0, 0.05) is 0 Å². The van der Waals surface area contributed by atoms with Gasteiger partial charge in [-0.25, -0.2) is 0 Å². The van der Waals surface area contributed by atoms with E-state index in [-0.39, 0.29) is 0 Å². The van der Waals surface area contributed by atoms with Gasteiger partial charge in [0.05, 0.1) is 0 Å². The van der Waals surface area contributed by atoms with Gasteiger partial charge in [-0.05, 0) is 76.3 Å². The lowest BCUT2D eigenvalue weighted by molar-refractivity contribution is 1.23. The van der Waals surface area contributed by atoms with Gasteiger partial charge in [0.2, 0.25) is 0 Å². The maximum atomic E-state index is 2.22. The number of rotatable bonds is 0. The highest BCUT2D eigenvalue weighted by atomic mass is 14.0. The van der Waals surface area contributed by atoms with Gasteiger partial charge in [-0.15, -0.1) is 0 Å². The van der Waals surface area contributed by atoms with Crippen LogP contribution in [0.5, 0.6) is 0 Å². The maximum absolute atomic E-state index is 2.22. The average Bonchev–Trinajstić information content (AvgIpc) is 2.32. The van der Waals surface area contributed by atoms with E-state index in [1.54, 1.807) is 0 Å². The average molecular weight is 254 g/mol. The molecule has 0 aliphatic carbocycles. The van der Waals surface area contributed by atoms with Crippen molar-refractivity contribution in [3.05, 3.63) is 69.3 Å². The zero-order valence-electron chi connectivity index (χ0n) is 13.4.